The summed E-state index contributed by atoms with van der Waals surface area (Å²) in [7, 11) is -2.10. The summed E-state index contributed by atoms with van der Waals surface area (Å²) >= 11 is 0. The van der Waals surface area contributed by atoms with E-state index in [-0.39, 0.29) is 19.7 Å². The molecule has 0 unspecified atom stereocenters. The van der Waals surface area contributed by atoms with Crippen LogP contribution in [-0.2, 0) is 21.6 Å². The van der Waals surface area contributed by atoms with E-state index in [0.29, 0.717) is 22.2 Å². The first-order chi connectivity index (χ1) is 16.0. The highest BCUT2D eigenvalue weighted by molar-refractivity contribution is 6.78. The third-order valence-electron chi connectivity index (χ3n) is 7.20. The van der Waals surface area contributed by atoms with Crippen molar-refractivity contribution < 1.29 is 23.9 Å². The third kappa shape index (κ3) is 4.85. The fraction of sp³-hybridized carbons (Fsp3) is 0.481. The van der Waals surface area contributed by atoms with Gasteiger partial charge in [-0.2, -0.15) is 0 Å². The predicted octanol–water partition coefficient (Wildman–Crippen LogP) is 6.22. The van der Waals surface area contributed by atoms with Crippen molar-refractivity contribution in [1.29, 1.82) is 0 Å². The molecule has 0 atom stereocenters. The highest BCUT2D eigenvalue weighted by atomic mass is 28.4. The van der Waals surface area contributed by atoms with Gasteiger partial charge in [0.25, 0.3) is 8.32 Å². The summed E-state index contributed by atoms with van der Waals surface area (Å²) in [5, 5.41) is 10.0. The molecule has 1 aliphatic heterocycles. The number of carboxylic acids is 1. The summed E-state index contributed by atoms with van der Waals surface area (Å²) in [6.07, 6.45) is -0.498. The fourth-order valence-corrected chi connectivity index (χ4v) is 10.6. The van der Waals surface area contributed by atoms with Gasteiger partial charge in [-0.15, -0.1) is 0 Å². The summed E-state index contributed by atoms with van der Waals surface area (Å²) in [5.74, 6) is -0.158. The summed E-state index contributed by atoms with van der Waals surface area (Å²) in [6, 6.07) is 16.8. The van der Waals surface area contributed by atoms with Crippen molar-refractivity contribution >= 4 is 20.4 Å². The van der Waals surface area contributed by atoms with Crippen molar-refractivity contribution in [3.63, 3.8) is 0 Å². The Morgan fingerprint density at radius 3 is 1.91 bits per heavy atom. The first-order valence-electron chi connectivity index (χ1n) is 12.0. The summed E-state index contributed by atoms with van der Waals surface area (Å²) in [5.41, 5.74) is 1.76. The largest absolute Gasteiger partial charge is 0.543 e. The zero-order valence-corrected chi connectivity index (χ0v) is 22.1. The van der Waals surface area contributed by atoms with Crippen molar-refractivity contribution in [1.82, 2.24) is 4.90 Å². The van der Waals surface area contributed by atoms with Gasteiger partial charge in [-0.25, -0.2) is 4.79 Å². The van der Waals surface area contributed by atoms with Gasteiger partial charge >= 0.3 is 12.1 Å². The molecule has 7 heteroatoms. The minimum Gasteiger partial charge on any atom is -0.543 e. The zero-order chi connectivity index (χ0) is 25.1. The van der Waals surface area contributed by atoms with Crippen LogP contribution >= 0.6 is 0 Å². The number of amides is 1. The smallest absolute Gasteiger partial charge is 0.410 e. The van der Waals surface area contributed by atoms with Gasteiger partial charge in [0.2, 0.25) is 0 Å². The minimum atomic E-state index is -2.10. The van der Waals surface area contributed by atoms with Gasteiger partial charge in [-0.3, -0.25) is 4.79 Å². The number of carbonyl (C=O) groups excluding carboxylic acids is 1. The molecule has 3 rings (SSSR count). The first kappa shape index (κ1) is 25.8. The Morgan fingerprint density at radius 2 is 1.44 bits per heavy atom. The number of nitrogens with zero attached hydrogens (tertiary/aromatic N) is 1. The van der Waals surface area contributed by atoms with Gasteiger partial charge in [0.15, 0.2) is 0 Å². The molecule has 0 spiro atoms. The Bertz CT molecular complexity index is 960. The SMILES string of the molecule is CC(C)[Si](Oc1ccc(C2(C(=O)O)CN(C(=O)OCc3ccccc3)C2)cc1)(C(C)C)C(C)C. The standard InChI is InChI=1S/C27H37NO5Si/c1-19(2)34(20(3)4,21(5)6)33-24-14-12-23(13-15-24)27(25(29)30)17-28(18-27)26(31)32-16-22-10-8-7-9-11-22/h7-15,19-21H,16-18H2,1-6H3,(H,29,30). The molecule has 0 bridgehead atoms. The molecule has 184 valence electrons. The second-order valence-corrected chi connectivity index (χ2v) is 15.6. The first-order valence-corrected chi connectivity index (χ1v) is 14.2. The second kappa shape index (κ2) is 10.2. The Labute approximate surface area is 204 Å². The summed E-state index contributed by atoms with van der Waals surface area (Å²) in [6.45, 7) is 13.7. The molecular weight excluding hydrogens is 446 g/mol. The van der Waals surface area contributed by atoms with E-state index < -0.39 is 25.8 Å². The van der Waals surface area contributed by atoms with E-state index in [1.54, 1.807) is 0 Å². The molecule has 0 saturated carbocycles. The Morgan fingerprint density at radius 1 is 0.912 bits per heavy atom. The van der Waals surface area contributed by atoms with Gasteiger partial charge in [0.1, 0.15) is 17.8 Å². The van der Waals surface area contributed by atoms with Crippen LogP contribution in [0.2, 0.25) is 16.6 Å². The molecule has 1 N–H and O–H groups in total. The van der Waals surface area contributed by atoms with Crippen LogP contribution in [0.15, 0.2) is 54.6 Å². The van der Waals surface area contributed by atoms with Crippen LogP contribution in [0.25, 0.3) is 0 Å². The quantitative estimate of drug-likeness (QED) is 0.429. The fourth-order valence-electron chi connectivity index (χ4n) is 5.39. The lowest BCUT2D eigenvalue weighted by atomic mass is 9.74. The monoisotopic (exact) mass is 483 g/mol. The van der Waals surface area contributed by atoms with Crippen molar-refractivity contribution in [3.05, 3.63) is 65.7 Å². The van der Waals surface area contributed by atoms with Crippen molar-refractivity contribution in [3.8, 4) is 5.75 Å². The Hall–Kier alpha value is -2.80. The average molecular weight is 484 g/mol. The van der Waals surface area contributed by atoms with E-state index in [0.717, 1.165) is 11.3 Å². The van der Waals surface area contributed by atoms with Gasteiger partial charge in [-0.05, 0) is 39.9 Å². The van der Waals surface area contributed by atoms with Crippen molar-refractivity contribution in [2.24, 2.45) is 0 Å². The molecule has 2 aromatic carbocycles. The molecule has 34 heavy (non-hydrogen) atoms. The van der Waals surface area contributed by atoms with E-state index in [9.17, 15) is 14.7 Å². The van der Waals surface area contributed by atoms with Crippen LogP contribution in [0.3, 0.4) is 0 Å². The zero-order valence-electron chi connectivity index (χ0n) is 21.1. The molecule has 1 aliphatic rings. The van der Waals surface area contributed by atoms with Gasteiger partial charge < -0.3 is 19.2 Å². The van der Waals surface area contributed by atoms with E-state index >= 15 is 0 Å². The molecular formula is C27H37NO5Si. The molecule has 1 saturated heterocycles. The molecule has 1 amide bonds. The number of hydrogen-bond donors (Lipinski definition) is 1. The van der Waals surface area contributed by atoms with Gasteiger partial charge in [0, 0.05) is 13.1 Å². The number of ether oxygens (including phenoxy) is 1. The van der Waals surface area contributed by atoms with Crippen LogP contribution < -0.4 is 4.43 Å². The molecule has 0 radical (unpaired) electrons. The number of hydrogen-bond acceptors (Lipinski definition) is 4. The number of carboxylic acid groups (broad SMARTS) is 1. The lowest BCUT2D eigenvalue weighted by molar-refractivity contribution is -0.150. The Kier molecular flexibility index (Phi) is 7.76. The lowest BCUT2D eigenvalue weighted by Gasteiger charge is -2.46. The van der Waals surface area contributed by atoms with E-state index in [4.69, 9.17) is 9.16 Å². The lowest BCUT2D eigenvalue weighted by Crippen LogP contribution is -2.65. The van der Waals surface area contributed by atoms with Crippen molar-refractivity contribution in [2.75, 3.05) is 13.1 Å². The maximum Gasteiger partial charge on any atom is 0.410 e. The highest BCUT2D eigenvalue weighted by Gasteiger charge is 2.53. The molecule has 2 aromatic rings. The Balaban J connectivity index is 1.70. The van der Waals surface area contributed by atoms with Crippen molar-refractivity contribution in [2.45, 2.75) is 70.2 Å². The van der Waals surface area contributed by atoms with Gasteiger partial charge in [-0.1, -0.05) is 84.0 Å². The second-order valence-electron chi connectivity index (χ2n) is 10.2. The topological polar surface area (TPSA) is 76.1 Å². The van der Waals surface area contributed by atoms with Crippen LogP contribution in [0.4, 0.5) is 4.79 Å². The number of benzene rings is 2. The highest BCUT2D eigenvalue weighted by Crippen LogP contribution is 2.43. The third-order valence-corrected chi connectivity index (χ3v) is 13.2. The number of rotatable bonds is 9. The normalized spacial score (nSPS) is 15.4. The van der Waals surface area contributed by atoms with E-state index in [2.05, 4.69) is 41.5 Å². The average Bonchev–Trinajstić information content (AvgIpc) is 2.76. The minimum absolute atomic E-state index is 0.0822. The van der Waals surface area contributed by atoms with Crippen LogP contribution in [0, 0.1) is 0 Å². The van der Waals surface area contributed by atoms with E-state index in [1.807, 2.05) is 54.6 Å². The van der Waals surface area contributed by atoms with E-state index in [1.165, 1.54) is 4.90 Å². The number of likely N-dealkylation sites (tertiary alicyclic amines) is 1. The molecule has 0 aromatic heterocycles. The number of aliphatic carboxylic acids is 1. The summed E-state index contributed by atoms with van der Waals surface area (Å²) < 4.78 is 12.1. The molecule has 1 fully saturated rings. The van der Waals surface area contributed by atoms with Gasteiger partial charge in [0.05, 0.1) is 0 Å². The maximum atomic E-state index is 12.4. The molecule has 0 aliphatic carbocycles. The molecule has 1 heterocycles. The maximum absolute atomic E-state index is 12.4. The number of carbonyl (C=O) groups is 2. The predicted molar refractivity (Wildman–Crippen MR) is 136 cm³/mol. The molecule has 6 nitrogen and oxygen atoms in total. The van der Waals surface area contributed by atoms with Crippen LogP contribution in [-0.4, -0.2) is 43.5 Å². The van der Waals surface area contributed by atoms with Crippen LogP contribution in [0.5, 0.6) is 5.75 Å². The van der Waals surface area contributed by atoms with Crippen LogP contribution in [0.1, 0.15) is 52.7 Å². The summed E-state index contributed by atoms with van der Waals surface area (Å²) in [4.78, 5) is 26.1.